The van der Waals surface area contributed by atoms with E-state index in [4.69, 9.17) is 19.0 Å². The molecule has 8 heteroatoms. The van der Waals surface area contributed by atoms with Gasteiger partial charge in [-0.1, -0.05) is 12.1 Å². The van der Waals surface area contributed by atoms with Crippen molar-refractivity contribution in [1.82, 2.24) is 5.01 Å². The average Bonchev–Trinajstić information content (AvgIpc) is 3.42. The lowest BCUT2D eigenvalue weighted by Gasteiger charge is -2.38. The van der Waals surface area contributed by atoms with E-state index in [1.807, 2.05) is 35.3 Å². The van der Waals surface area contributed by atoms with Crippen LogP contribution in [0.5, 0.6) is 11.5 Å². The molecule has 0 N–H and O–H groups in total. The van der Waals surface area contributed by atoms with Crippen molar-refractivity contribution < 1.29 is 18.8 Å². The lowest BCUT2D eigenvalue weighted by Crippen LogP contribution is -2.33. The van der Waals surface area contributed by atoms with Crippen molar-refractivity contribution in [2.45, 2.75) is 18.7 Å². The molecule has 1 aromatic heterocycles. The highest BCUT2D eigenvalue weighted by Crippen LogP contribution is 2.50. The van der Waals surface area contributed by atoms with Gasteiger partial charge in [-0.05, 0) is 30.3 Å². The first-order valence-corrected chi connectivity index (χ1v) is 9.13. The number of hydrogen-bond acceptors (Lipinski definition) is 7. The van der Waals surface area contributed by atoms with Crippen LogP contribution in [-0.2, 0) is 0 Å². The molecule has 146 valence electrons. The third kappa shape index (κ3) is 2.80. The van der Waals surface area contributed by atoms with Crippen LogP contribution in [0.15, 0.2) is 70.4 Å². The first-order valence-electron chi connectivity index (χ1n) is 9.13. The Kier molecular flexibility index (Phi) is 3.97. The van der Waals surface area contributed by atoms with Gasteiger partial charge < -0.3 is 13.9 Å². The molecule has 3 heterocycles. The SMILES string of the molecule is COc1cccc2c1O[C@@H](c1ccc([N+](=O)[O-])cc1)N1N=C(c3ccco3)C[C@H]21. The van der Waals surface area contributed by atoms with Gasteiger partial charge in [-0.25, -0.2) is 5.01 Å². The van der Waals surface area contributed by atoms with E-state index in [9.17, 15) is 10.1 Å². The third-order valence-electron chi connectivity index (χ3n) is 5.19. The summed E-state index contributed by atoms with van der Waals surface area (Å²) in [5.41, 5.74) is 2.60. The van der Waals surface area contributed by atoms with Crippen LogP contribution in [-0.4, -0.2) is 22.8 Å². The fourth-order valence-corrected chi connectivity index (χ4v) is 3.82. The number of rotatable bonds is 4. The summed E-state index contributed by atoms with van der Waals surface area (Å²) in [6, 6.07) is 15.8. The van der Waals surface area contributed by atoms with Crippen LogP contribution in [0.3, 0.4) is 0 Å². The predicted octanol–water partition coefficient (Wildman–Crippen LogP) is 4.44. The summed E-state index contributed by atoms with van der Waals surface area (Å²) in [5.74, 6) is 2.02. The van der Waals surface area contributed by atoms with Crippen LogP contribution >= 0.6 is 0 Å². The first-order chi connectivity index (χ1) is 14.2. The zero-order chi connectivity index (χ0) is 20.0. The lowest BCUT2D eigenvalue weighted by molar-refractivity contribution is -0.384. The summed E-state index contributed by atoms with van der Waals surface area (Å²) in [5, 5.41) is 17.7. The van der Waals surface area contributed by atoms with Crippen LogP contribution in [0.25, 0.3) is 0 Å². The van der Waals surface area contributed by atoms with Crippen molar-refractivity contribution in [2.75, 3.05) is 7.11 Å². The summed E-state index contributed by atoms with van der Waals surface area (Å²) in [4.78, 5) is 10.6. The van der Waals surface area contributed by atoms with E-state index in [2.05, 4.69) is 0 Å². The zero-order valence-electron chi connectivity index (χ0n) is 15.5. The van der Waals surface area contributed by atoms with Crippen molar-refractivity contribution in [3.8, 4) is 11.5 Å². The molecule has 2 atom stereocenters. The highest BCUT2D eigenvalue weighted by atomic mass is 16.6. The van der Waals surface area contributed by atoms with E-state index in [0.29, 0.717) is 23.7 Å². The molecule has 5 rings (SSSR count). The van der Waals surface area contributed by atoms with E-state index in [1.165, 1.54) is 12.1 Å². The molecule has 0 saturated carbocycles. The Labute approximate surface area is 166 Å². The first kappa shape index (κ1) is 17.3. The Morgan fingerprint density at radius 3 is 2.69 bits per heavy atom. The third-order valence-corrected chi connectivity index (χ3v) is 5.19. The monoisotopic (exact) mass is 391 g/mol. The van der Waals surface area contributed by atoms with Crippen molar-refractivity contribution in [3.05, 3.63) is 87.9 Å². The topological polar surface area (TPSA) is 90.3 Å². The molecule has 0 amide bonds. The maximum absolute atomic E-state index is 11.0. The van der Waals surface area contributed by atoms with E-state index >= 15 is 0 Å². The Morgan fingerprint density at radius 2 is 2.00 bits per heavy atom. The lowest BCUT2D eigenvalue weighted by atomic mass is 9.97. The van der Waals surface area contributed by atoms with Crippen molar-refractivity contribution in [3.63, 3.8) is 0 Å². The number of fused-ring (bicyclic) bond motifs is 3. The number of ether oxygens (including phenoxy) is 2. The van der Waals surface area contributed by atoms with Crippen LogP contribution in [0.4, 0.5) is 5.69 Å². The normalized spacial score (nSPS) is 19.8. The van der Waals surface area contributed by atoms with Crippen molar-refractivity contribution >= 4 is 11.4 Å². The van der Waals surface area contributed by atoms with E-state index in [0.717, 1.165) is 16.8 Å². The molecule has 0 unspecified atom stereocenters. The summed E-state index contributed by atoms with van der Waals surface area (Å²) in [7, 11) is 1.60. The standard InChI is InChI=1S/C21H17N3O5/c1-27-19-5-2-4-15-17-12-16(18-6-3-11-28-18)22-23(17)21(29-20(15)19)13-7-9-14(10-8-13)24(25)26/h2-11,17,21H,12H2,1H3/t17-,21+/m1/s1. The van der Waals surface area contributed by atoms with Gasteiger partial charge in [-0.3, -0.25) is 10.1 Å². The van der Waals surface area contributed by atoms with Crippen molar-refractivity contribution in [1.29, 1.82) is 0 Å². The number of nitrogens with zero attached hydrogens (tertiary/aromatic N) is 3. The van der Waals surface area contributed by atoms with Gasteiger partial charge in [0.2, 0.25) is 6.23 Å². The minimum absolute atomic E-state index is 0.0280. The summed E-state index contributed by atoms with van der Waals surface area (Å²) in [6.07, 6.45) is 1.73. The second-order valence-corrected chi connectivity index (χ2v) is 6.82. The highest BCUT2D eigenvalue weighted by Gasteiger charge is 2.42. The van der Waals surface area contributed by atoms with E-state index < -0.39 is 11.2 Å². The summed E-state index contributed by atoms with van der Waals surface area (Å²) in [6.45, 7) is 0. The number of furan rings is 1. The van der Waals surface area contributed by atoms with Crippen LogP contribution in [0, 0.1) is 10.1 Å². The van der Waals surface area contributed by atoms with Crippen molar-refractivity contribution in [2.24, 2.45) is 5.10 Å². The fraction of sp³-hybridized carbons (Fsp3) is 0.190. The fourth-order valence-electron chi connectivity index (χ4n) is 3.82. The molecule has 2 aliphatic rings. The molecule has 0 spiro atoms. The number of methoxy groups -OCH3 is 1. The van der Waals surface area contributed by atoms with Gasteiger partial charge in [-0.15, -0.1) is 0 Å². The Hall–Kier alpha value is -3.81. The quantitative estimate of drug-likeness (QED) is 0.482. The number of nitro groups is 1. The van der Waals surface area contributed by atoms with Gasteiger partial charge in [0.1, 0.15) is 11.5 Å². The minimum Gasteiger partial charge on any atom is -0.493 e. The van der Waals surface area contributed by atoms with Crippen LogP contribution in [0.1, 0.15) is 35.6 Å². The van der Waals surface area contributed by atoms with Gasteiger partial charge in [0, 0.05) is 29.7 Å². The zero-order valence-corrected chi connectivity index (χ0v) is 15.5. The predicted molar refractivity (Wildman–Crippen MR) is 104 cm³/mol. The molecule has 3 aromatic rings. The smallest absolute Gasteiger partial charge is 0.269 e. The Bertz CT molecular complexity index is 1090. The Morgan fingerprint density at radius 1 is 1.17 bits per heavy atom. The largest absolute Gasteiger partial charge is 0.493 e. The van der Waals surface area contributed by atoms with E-state index in [-0.39, 0.29) is 11.7 Å². The number of hydrazone groups is 1. The van der Waals surface area contributed by atoms with Gasteiger partial charge in [0.25, 0.3) is 5.69 Å². The maximum atomic E-state index is 11.0. The molecule has 0 saturated heterocycles. The van der Waals surface area contributed by atoms with Gasteiger partial charge in [0.05, 0.1) is 24.3 Å². The van der Waals surface area contributed by atoms with Gasteiger partial charge >= 0.3 is 0 Å². The maximum Gasteiger partial charge on any atom is 0.269 e. The number of benzene rings is 2. The molecule has 8 nitrogen and oxygen atoms in total. The highest BCUT2D eigenvalue weighted by molar-refractivity contribution is 5.99. The number of nitro benzene ring substituents is 1. The minimum atomic E-state index is -0.544. The summed E-state index contributed by atoms with van der Waals surface area (Å²) >= 11 is 0. The Balaban J connectivity index is 1.60. The average molecular weight is 391 g/mol. The summed E-state index contributed by atoms with van der Waals surface area (Å²) < 4.78 is 17.4. The molecule has 0 fully saturated rings. The molecular formula is C21H17N3O5. The molecular weight excluding hydrogens is 374 g/mol. The molecule has 29 heavy (non-hydrogen) atoms. The number of non-ortho nitro benzene ring substituents is 1. The second kappa shape index (κ2) is 6.66. The molecule has 2 aromatic carbocycles. The molecule has 0 aliphatic carbocycles. The number of para-hydroxylation sites is 1. The second-order valence-electron chi connectivity index (χ2n) is 6.82. The molecule has 2 aliphatic heterocycles. The van der Waals surface area contributed by atoms with Gasteiger partial charge in [0.15, 0.2) is 11.5 Å². The van der Waals surface area contributed by atoms with Gasteiger partial charge in [-0.2, -0.15) is 5.10 Å². The molecule has 0 radical (unpaired) electrons. The van der Waals surface area contributed by atoms with Crippen LogP contribution < -0.4 is 9.47 Å². The van der Waals surface area contributed by atoms with E-state index in [1.54, 1.807) is 25.5 Å². The molecule has 0 bridgehead atoms. The number of hydrogen-bond donors (Lipinski definition) is 0. The van der Waals surface area contributed by atoms with Crippen LogP contribution in [0.2, 0.25) is 0 Å².